The highest BCUT2D eigenvalue weighted by atomic mass is 16.5. The van der Waals surface area contributed by atoms with Crippen molar-refractivity contribution in [2.75, 3.05) is 7.11 Å². The van der Waals surface area contributed by atoms with Gasteiger partial charge in [0, 0.05) is 35.3 Å². The molecular weight excluding hydrogens is 474 g/mol. The molecule has 1 fully saturated rings. The van der Waals surface area contributed by atoms with Crippen LogP contribution in [-0.4, -0.2) is 30.8 Å². The largest absolute Gasteiger partial charge is 0.467 e. The van der Waals surface area contributed by atoms with Crippen molar-refractivity contribution in [1.29, 1.82) is 0 Å². The fraction of sp³-hybridized carbons (Fsp3) is 0.182. The van der Waals surface area contributed by atoms with Gasteiger partial charge in [-0.3, -0.25) is 9.59 Å². The molecule has 5 nitrogen and oxygen atoms in total. The Labute approximate surface area is 222 Å². The second-order valence-electron chi connectivity index (χ2n) is 9.58. The molecule has 0 radical (unpaired) electrons. The molecule has 1 N–H and O–H groups in total. The van der Waals surface area contributed by atoms with Crippen molar-refractivity contribution in [3.8, 4) is 0 Å². The molecule has 5 heteroatoms. The van der Waals surface area contributed by atoms with E-state index in [1.165, 1.54) is 7.11 Å². The number of methoxy groups -OCH3 is 1. The van der Waals surface area contributed by atoms with Crippen LogP contribution >= 0.6 is 0 Å². The smallest absolute Gasteiger partial charge is 0.328 e. The Morgan fingerprint density at radius 1 is 0.684 bits per heavy atom. The molecule has 4 aromatic carbocycles. The summed E-state index contributed by atoms with van der Waals surface area (Å²) in [7, 11) is 1.30. The highest BCUT2D eigenvalue weighted by Crippen LogP contribution is 2.61. The Morgan fingerprint density at radius 3 is 1.66 bits per heavy atom. The first-order valence-electron chi connectivity index (χ1n) is 12.7. The van der Waals surface area contributed by atoms with E-state index in [2.05, 4.69) is 29.6 Å². The molecule has 0 bridgehead atoms. The zero-order chi connectivity index (χ0) is 26.5. The second kappa shape index (κ2) is 11.3. The molecule has 1 amide bonds. The van der Waals surface area contributed by atoms with Gasteiger partial charge in [-0.1, -0.05) is 103 Å². The number of amides is 1. The number of carbonyl (C=O) groups excluding carboxylic acids is 3. The maximum absolute atomic E-state index is 13.6. The molecule has 1 saturated carbocycles. The molecule has 1 unspecified atom stereocenters. The molecule has 0 aliphatic heterocycles. The van der Waals surface area contributed by atoms with E-state index in [0.717, 1.165) is 16.7 Å². The van der Waals surface area contributed by atoms with E-state index < -0.39 is 17.9 Å². The molecule has 0 spiro atoms. The van der Waals surface area contributed by atoms with E-state index in [1.54, 1.807) is 24.3 Å². The minimum atomic E-state index is -0.819. The van der Waals surface area contributed by atoms with Crippen molar-refractivity contribution in [3.05, 3.63) is 143 Å². The maximum atomic E-state index is 13.6. The Kier molecular flexibility index (Phi) is 7.45. The third-order valence-corrected chi connectivity index (χ3v) is 7.20. The lowest BCUT2D eigenvalue weighted by atomic mass is 10.0. The number of hydrogen-bond donors (Lipinski definition) is 1. The highest BCUT2D eigenvalue weighted by molar-refractivity contribution is 6.03. The van der Waals surface area contributed by atoms with Gasteiger partial charge in [-0.05, 0) is 28.8 Å². The molecular formula is C33H29NO4. The molecule has 190 valence electrons. The quantitative estimate of drug-likeness (QED) is 0.239. The summed E-state index contributed by atoms with van der Waals surface area (Å²) in [5.74, 6) is -0.765. The summed E-state index contributed by atoms with van der Waals surface area (Å²) < 4.78 is 4.90. The third-order valence-electron chi connectivity index (χ3n) is 7.20. The van der Waals surface area contributed by atoms with Crippen LogP contribution in [0.15, 0.2) is 115 Å². The molecule has 4 aromatic rings. The van der Waals surface area contributed by atoms with Crippen LogP contribution in [0.3, 0.4) is 0 Å². The van der Waals surface area contributed by atoms with Crippen LogP contribution < -0.4 is 5.32 Å². The number of ketones is 1. The molecule has 0 aromatic heterocycles. The van der Waals surface area contributed by atoms with Gasteiger partial charge in [0.15, 0.2) is 5.78 Å². The highest BCUT2D eigenvalue weighted by Gasteiger charge is 2.55. The Balaban J connectivity index is 1.31. The molecule has 0 saturated heterocycles. The van der Waals surface area contributed by atoms with Gasteiger partial charge in [0.1, 0.15) is 6.04 Å². The van der Waals surface area contributed by atoms with E-state index in [4.69, 9.17) is 4.74 Å². The fourth-order valence-electron chi connectivity index (χ4n) is 5.22. The van der Waals surface area contributed by atoms with Gasteiger partial charge < -0.3 is 10.1 Å². The molecule has 4 atom stereocenters. The number of rotatable bonds is 9. The van der Waals surface area contributed by atoms with Gasteiger partial charge in [-0.25, -0.2) is 4.79 Å². The zero-order valence-electron chi connectivity index (χ0n) is 21.1. The Morgan fingerprint density at radius 2 is 1.16 bits per heavy atom. The lowest BCUT2D eigenvalue weighted by Gasteiger charge is -2.17. The van der Waals surface area contributed by atoms with E-state index in [1.807, 2.05) is 66.7 Å². The molecule has 38 heavy (non-hydrogen) atoms. The van der Waals surface area contributed by atoms with E-state index in [9.17, 15) is 14.4 Å². The molecule has 5 rings (SSSR count). The van der Waals surface area contributed by atoms with Crippen molar-refractivity contribution in [1.82, 2.24) is 5.32 Å². The Bertz CT molecular complexity index is 1360. The second-order valence-corrected chi connectivity index (χ2v) is 9.58. The summed E-state index contributed by atoms with van der Waals surface area (Å²) in [4.78, 5) is 38.9. The average molecular weight is 504 g/mol. The average Bonchev–Trinajstić information content (AvgIpc) is 3.73. The summed E-state index contributed by atoms with van der Waals surface area (Å²) >= 11 is 0. The van der Waals surface area contributed by atoms with E-state index >= 15 is 0 Å². The van der Waals surface area contributed by atoms with Gasteiger partial charge in [-0.15, -0.1) is 0 Å². The summed E-state index contributed by atoms with van der Waals surface area (Å²) in [5, 5.41) is 2.77. The van der Waals surface area contributed by atoms with Crippen molar-refractivity contribution >= 4 is 17.7 Å². The summed E-state index contributed by atoms with van der Waals surface area (Å²) in [6, 6.07) is 35.6. The lowest BCUT2D eigenvalue weighted by Crippen LogP contribution is -2.43. The van der Waals surface area contributed by atoms with Crippen LogP contribution in [0.25, 0.3) is 0 Å². The van der Waals surface area contributed by atoms with Crippen molar-refractivity contribution in [2.24, 2.45) is 5.92 Å². The number of benzene rings is 4. The first-order valence-corrected chi connectivity index (χ1v) is 12.7. The fourth-order valence-corrected chi connectivity index (χ4v) is 5.22. The van der Waals surface area contributed by atoms with Crippen LogP contribution in [0.4, 0.5) is 0 Å². The monoisotopic (exact) mass is 503 g/mol. The van der Waals surface area contributed by atoms with Crippen LogP contribution in [0.5, 0.6) is 0 Å². The third kappa shape index (κ3) is 5.42. The lowest BCUT2D eigenvalue weighted by molar-refractivity contribution is -0.142. The molecule has 0 heterocycles. The first kappa shape index (κ1) is 25.2. The number of carbonyl (C=O) groups is 3. The van der Waals surface area contributed by atoms with Gasteiger partial charge in [0.2, 0.25) is 0 Å². The van der Waals surface area contributed by atoms with Gasteiger partial charge in [0.25, 0.3) is 5.91 Å². The van der Waals surface area contributed by atoms with Gasteiger partial charge in [-0.2, -0.15) is 0 Å². The standard InChI is InChI=1S/C33H29NO4/c1-38-33(37)27(21-22-11-5-2-6-12-22)34-32(36)26-19-17-25(18-20-26)31(35)30-28(23-13-7-3-8-14-23)29(30)24-15-9-4-10-16-24/h2-20,27-30H,21H2,1H3,(H,34,36)/t27-,28-,29+,30?/m0/s1. The maximum Gasteiger partial charge on any atom is 0.328 e. The topological polar surface area (TPSA) is 72.5 Å². The Hall–Kier alpha value is -4.51. The summed E-state index contributed by atoms with van der Waals surface area (Å²) in [6.07, 6.45) is 0.319. The van der Waals surface area contributed by atoms with Crippen LogP contribution in [0, 0.1) is 5.92 Å². The van der Waals surface area contributed by atoms with Crippen LogP contribution in [0.2, 0.25) is 0 Å². The van der Waals surface area contributed by atoms with Gasteiger partial charge >= 0.3 is 5.97 Å². The van der Waals surface area contributed by atoms with E-state index in [-0.39, 0.29) is 23.5 Å². The predicted octanol–water partition coefficient (Wildman–Crippen LogP) is 5.58. The van der Waals surface area contributed by atoms with Gasteiger partial charge in [0.05, 0.1) is 7.11 Å². The number of Topliss-reactive ketones (excluding diaryl/α,β-unsaturated/α-hetero) is 1. The minimum absolute atomic E-state index is 0.0659. The number of hydrogen-bond acceptors (Lipinski definition) is 4. The van der Waals surface area contributed by atoms with Crippen LogP contribution in [-0.2, 0) is 16.0 Å². The molecule has 1 aliphatic rings. The summed E-state index contributed by atoms with van der Waals surface area (Å²) in [6.45, 7) is 0. The normalized spacial score (nSPS) is 18.7. The van der Waals surface area contributed by atoms with Crippen molar-refractivity contribution in [3.63, 3.8) is 0 Å². The minimum Gasteiger partial charge on any atom is -0.467 e. The predicted molar refractivity (Wildman–Crippen MR) is 146 cm³/mol. The van der Waals surface area contributed by atoms with E-state index in [0.29, 0.717) is 17.5 Å². The zero-order valence-corrected chi connectivity index (χ0v) is 21.1. The summed E-state index contributed by atoms with van der Waals surface area (Å²) in [5.41, 5.74) is 4.17. The SMILES string of the molecule is COC(=O)[C@H](Cc1ccccc1)NC(=O)c1ccc(C(=O)C2[C@@H](c3ccccc3)[C@H]2c2ccccc2)cc1. The molecule has 1 aliphatic carbocycles. The van der Waals surface area contributed by atoms with Crippen molar-refractivity contribution in [2.45, 2.75) is 24.3 Å². The number of nitrogens with one attached hydrogen (secondary N) is 1. The number of ether oxygens (including phenoxy) is 1. The number of esters is 1. The van der Waals surface area contributed by atoms with Crippen LogP contribution in [0.1, 0.15) is 49.2 Å². The van der Waals surface area contributed by atoms with Crippen molar-refractivity contribution < 1.29 is 19.1 Å². The first-order chi connectivity index (χ1) is 18.6.